The zero-order chi connectivity index (χ0) is 22.6. The summed E-state index contributed by atoms with van der Waals surface area (Å²) in [5.41, 5.74) is 1.64. The van der Waals surface area contributed by atoms with Gasteiger partial charge < -0.3 is 5.32 Å². The van der Waals surface area contributed by atoms with Crippen molar-refractivity contribution in [2.45, 2.75) is 56.9 Å². The number of carbonyl (C=O) groups excluding carboxylic acids is 1. The van der Waals surface area contributed by atoms with Crippen molar-refractivity contribution in [1.29, 1.82) is 0 Å². The quantitative estimate of drug-likeness (QED) is 0.684. The molecule has 1 amide bonds. The van der Waals surface area contributed by atoms with Gasteiger partial charge in [-0.1, -0.05) is 18.9 Å². The van der Waals surface area contributed by atoms with Crippen molar-refractivity contribution in [3.8, 4) is 0 Å². The number of sulfonamides is 1. The van der Waals surface area contributed by atoms with E-state index in [9.17, 15) is 13.2 Å². The highest BCUT2D eigenvalue weighted by molar-refractivity contribution is 7.89. The molecule has 2 fully saturated rings. The predicted molar refractivity (Wildman–Crippen MR) is 127 cm³/mol. The minimum absolute atomic E-state index is 0.0292. The molecule has 0 aliphatic carbocycles. The lowest BCUT2D eigenvalue weighted by Crippen LogP contribution is -2.37. The molecule has 4 rings (SSSR count). The molecule has 0 spiro atoms. The van der Waals surface area contributed by atoms with Gasteiger partial charge in [-0.05, 0) is 63.9 Å². The number of likely N-dealkylation sites (tertiary alicyclic amines) is 1. The van der Waals surface area contributed by atoms with Crippen molar-refractivity contribution in [1.82, 2.24) is 14.2 Å². The van der Waals surface area contributed by atoms with E-state index >= 15 is 0 Å². The Labute approximate surface area is 194 Å². The van der Waals surface area contributed by atoms with Crippen LogP contribution in [0, 0.1) is 12.8 Å². The maximum absolute atomic E-state index is 13.1. The molecule has 174 valence electrons. The highest BCUT2D eigenvalue weighted by Crippen LogP contribution is 2.25. The third-order valence-electron chi connectivity index (χ3n) is 6.31. The first-order valence-electron chi connectivity index (χ1n) is 11.5. The third kappa shape index (κ3) is 5.75. The van der Waals surface area contributed by atoms with Crippen LogP contribution in [0.1, 0.15) is 49.2 Å². The van der Waals surface area contributed by atoms with Gasteiger partial charge >= 0.3 is 0 Å². The Hall–Kier alpha value is -1.81. The van der Waals surface area contributed by atoms with Gasteiger partial charge in [0, 0.05) is 36.6 Å². The number of benzene rings is 1. The summed E-state index contributed by atoms with van der Waals surface area (Å²) < 4.78 is 27.7. The monoisotopic (exact) mass is 476 g/mol. The normalized spacial score (nSPS) is 19.5. The molecule has 7 nitrogen and oxygen atoms in total. The number of nitrogens with zero attached hydrogens (tertiary/aromatic N) is 3. The molecule has 1 aromatic carbocycles. The third-order valence-corrected chi connectivity index (χ3v) is 9.03. The number of hydrogen-bond acceptors (Lipinski definition) is 6. The second-order valence-electron chi connectivity index (χ2n) is 8.74. The fraction of sp³-hybridized carbons (Fsp3) is 0.565. The molecule has 32 heavy (non-hydrogen) atoms. The van der Waals surface area contributed by atoms with Gasteiger partial charge in [0.2, 0.25) is 15.9 Å². The smallest absolute Gasteiger partial charge is 0.243 e. The highest BCUT2D eigenvalue weighted by atomic mass is 32.2. The Balaban J connectivity index is 1.34. The summed E-state index contributed by atoms with van der Waals surface area (Å²) in [5.74, 6) is -0.0900. The minimum atomic E-state index is -3.53. The Bertz CT molecular complexity index is 1020. The van der Waals surface area contributed by atoms with E-state index in [-0.39, 0.29) is 16.7 Å². The van der Waals surface area contributed by atoms with E-state index in [2.05, 4.69) is 20.6 Å². The molecule has 0 bridgehead atoms. The zero-order valence-corrected chi connectivity index (χ0v) is 20.3. The first-order valence-corrected chi connectivity index (χ1v) is 13.8. The topological polar surface area (TPSA) is 82.6 Å². The number of piperidine rings is 1. The van der Waals surface area contributed by atoms with E-state index in [4.69, 9.17) is 0 Å². The van der Waals surface area contributed by atoms with E-state index in [1.54, 1.807) is 39.9 Å². The molecule has 1 N–H and O–H groups in total. The molecule has 0 radical (unpaired) electrons. The van der Waals surface area contributed by atoms with Crippen molar-refractivity contribution in [2.75, 3.05) is 31.5 Å². The number of anilines is 1. The van der Waals surface area contributed by atoms with Crippen LogP contribution in [0.3, 0.4) is 0 Å². The standard InChI is InChI=1S/C23H32N4O3S2/c1-18-24-21(17-31-18)16-26-13-9-19(10-14-26)23(28)25-20-7-6-8-22(15-20)32(29,30)27-11-4-2-3-5-12-27/h6-8,15,17,19H,2-5,9-14,16H2,1H3,(H,25,28). The molecule has 2 aliphatic rings. The van der Waals surface area contributed by atoms with Gasteiger partial charge in [0.05, 0.1) is 15.6 Å². The summed E-state index contributed by atoms with van der Waals surface area (Å²) in [6, 6.07) is 6.68. The van der Waals surface area contributed by atoms with Crippen molar-refractivity contribution < 1.29 is 13.2 Å². The SMILES string of the molecule is Cc1nc(CN2CCC(C(=O)Nc3cccc(S(=O)(=O)N4CCCCCC4)c3)CC2)cs1. The number of amides is 1. The van der Waals surface area contributed by atoms with Crippen LogP contribution in [0.25, 0.3) is 0 Å². The van der Waals surface area contributed by atoms with Crippen LogP contribution in [0.2, 0.25) is 0 Å². The van der Waals surface area contributed by atoms with Crippen LogP contribution in [0.5, 0.6) is 0 Å². The fourth-order valence-corrected chi connectivity index (χ4v) is 6.64. The number of carbonyl (C=O) groups is 1. The summed E-state index contributed by atoms with van der Waals surface area (Å²) >= 11 is 1.66. The Morgan fingerprint density at radius 1 is 1.12 bits per heavy atom. The molecule has 2 saturated heterocycles. The lowest BCUT2D eigenvalue weighted by molar-refractivity contribution is -0.121. The van der Waals surface area contributed by atoms with Gasteiger partial charge in [0.15, 0.2) is 0 Å². The van der Waals surface area contributed by atoms with E-state index in [1.807, 2.05) is 6.92 Å². The average molecular weight is 477 g/mol. The van der Waals surface area contributed by atoms with E-state index in [1.165, 1.54) is 0 Å². The fourth-order valence-electron chi connectivity index (χ4n) is 4.47. The molecule has 2 aliphatic heterocycles. The maximum Gasteiger partial charge on any atom is 0.243 e. The molecule has 0 atom stereocenters. The maximum atomic E-state index is 13.1. The van der Waals surface area contributed by atoms with Crippen molar-refractivity contribution in [3.05, 3.63) is 40.3 Å². The number of thiazole rings is 1. The van der Waals surface area contributed by atoms with E-state index < -0.39 is 10.0 Å². The largest absolute Gasteiger partial charge is 0.326 e. The average Bonchev–Trinajstić information content (AvgIpc) is 3.02. The van der Waals surface area contributed by atoms with Crippen molar-refractivity contribution in [2.24, 2.45) is 5.92 Å². The molecule has 2 aromatic rings. The Morgan fingerprint density at radius 3 is 2.50 bits per heavy atom. The molecule has 1 aromatic heterocycles. The van der Waals surface area contributed by atoms with Crippen molar-refractivity contribution in [3.63, 3.8) is 0 Å². The number of aryl methyl sites for hydroxylation is 1. The summed E-state index contributed by atoms with van der Waals surface area (Å²) in [6.07, 6.45) is 5.53. The molecule has 9 heteroatoms. The van der Waals surface area contributed by atoms with E-state index in [0.717, 1.165) is 68.9 Å². The first-order chi connectivity index (χ1) is 15.4. The highest BCUT2D eigenvalue weighted by Gasteiger charge is 2.27. The summed E-state index contributed by atoms with van der Waals surface area (Å²) in [7, 11) is -3.53. The number of aromatic nitrogens is 1. The van der Waals surface area contributed by atoms with Crippen LogP contribution in [0.4, 0.5) is 5.69 Å². The summed E-state index contributed by atoms with van der Waals surface area (Å²) in [6.45, 7) is 5.69. The van der Waals surface area contributed by atoms with Crippen LogP contribution in [-0.4, -0.2) is 54.7 Å². The zero-order valence-electron chi connectivity index (χ0n) is 18.6. The number of rotatable bonds is 6. The second-order valence-corrected chi connectivity index (χ2v) is 11.7. The Kier molecular flexibility index (Phi) is 7.60. The van der Waals surface area contributed by atoms with Crippen LogP contribution in [0.15, 0.2) is 34.5 Å². The van der Waals surface area contributed by atoms with Crippen LogP contribution >= 0.6 is 11.3 Å². The van der Waals surface area contributed by atoms with Gasteiger partial charge in [-0.3, -0.25) is 9.69 Å². The molecular formula is C23H32N4O3S2. The lowest BCUT2D eigenvalue weighted by atomic mass is 9.95. The second kappa shape index (κ2) is 10.4. The first kappa shape index (κ1) is 23.4. The van der Waals surface area contributed by atoms with Gasteiger partial charge in [-0.25, -0.2) is 13.4 Å². The van der Waals surface area contributed by atoms with Gasteiger partial charge in [-0.15, -0.1) is 11.3 Å². The number of nitrogens with one attached hydrogen (secondary N) is 1. The molecule has 3 heterocycles. The Morgan fingerprint density at radius 2 is 1.84 bits per heavy atom. The summed E-state index contributed by atoms with van der Waals surface area (Å²) in [4.78, 5) is 20.0. The summed E-state index contributed by atoms with van der Waals surface area (Å²) in [5, 5.41) is 6.13. The van der Waals surface area contributed by atoms with Crippen LogP contribution in [-0.2, 0) is 21.4 Å². The number of hydrogen-bond donors (Lipinski definition) is 1. The van der Waals surface area contributed by atoms with Gasteiger partial charge in [0.1, 0.15) is 0 Å². The van der Waals surface area contributed by atoms with E-state index in [0.29, 0.717) is 18.8 Å². The predicted octanol–water partition coefficient (Wildman–Crippen LogP) is 3.87. The molecule has 0 saturated carbocycles. The molecular weight excluding hydrogens is 444 g/mol. The van der Waals surface area contributed by atoms with Crippen LogP contribution < -0.4 is 5.32 Å². The minimum Gasteiger partial charge on any atom is -0.326 e. The van der Waals surface area contributed by atoms with Gasteiger partial charge in [-0.2, -0.15) is 4.31 Å². The van der Waals surface area contributed by atoms with Gasteiger partial charge in [0.25, 0.3) is 0 Å². The lowest BCUT2D eigenvalue weighted by Gasteiger charge is -2.30. The molecule has 0 unspecified atom stereocenters. The van der Waals surface area contributed by atoms with Crippen molar-refractivity contribution >= 4 is 33.0 Å².